The molecule has 1 unspecified atom stereocenters. The fraction of sp³-hybridized carbons (Fsp3) is 0.375. The molecule has 1 N–H and O–H groups in total. The number of methoxy groups -OCH3 is 1. The quantitative estimate of drug-likeness (QED) is 0.371. The lowest BCUT2D eigenvalue weighted by Crippen LogP contribution is -1.93. The molecule has 0 heterocycles. The summed E-state index contributed by atoms with van der Waals surface area (Å²) in [6.45, 7) is 1.63. The van der Waals surface area contributed by atoms with Gasteiger partial charge in [0, 0.05) is 6.08 Å². The van der Waals surface area contributed by atoms with Gasteiger partial charge in [-0.25, -0.2) is 4.79 Å². The maximum Gasteiger partial charge on any atom is 0.330 e. The van der Waals surface area contributed by atoms with Gasteiger partial charge in [-0.1, -0.05) is 18.2 Å². The molecule has 0 aliphatic carbocycles. The Morgan fingerprint density at radius 1 is 1.55 bits per heavy atom. The number of allylic oxidation sites excluding steroid dienone is 2. The molecule has 0 aromatic carbocycles. The van der Waals surface area contributed by atoms with Crippen molar-refractivity contribution in [1.29, 1.82) is 0 Å². The number of ether oxygens (including phenoxy) is 1. The highest BCUT2D eigenvalue weighted by Gasteiger charge is 1.87. The van der Waals surface area contributed by atoms with Gasteiger partial charge >= 0.3 is 5.97 Å². The molecule has 0 bridgehead atoms. The Bertz CT molecular complexity index is 168. The molecule has 62 valence electrons. The Kier molecular flexibility index (Phi) is 5.11. The first-order chi connectivity index (χ1) is 5.16. The van der Waals surface area contributed by atoms with Crippen LogP contribution in [-0.4, -0.2) is 24.3 Å². The van der Waals surface area contributed by atoms with Crippen molar-refractivity contribution >= 4 is 5.97 Å². The molecule has 0 aliphatic heterocycles. The Balaban J connectivity index is 3.68. The lowest BCUT2D eigenvalue weighted by Gasteiger charge is -1.89. The van der Waals surface area contributed by atoms with Gasteiger partial charge in [0.25, 0.3) is 0 Å². The second-order valence-corrected chi connectivity index (χ2v) is 2.01. The molecule has 0 rings (SSSR count). The van der Waals surface area contributed by atoms with Gasteiger partial charge in [-0.2, -0.15) is 0 Å². The zero-order valence-corrected chi connectivity index (χ0v) is 6.65. The molecule has 1 atom stereocenters. The molecule has 0 saturated heterocycles. The van der Waals surface area contributed by atoms with Crippen molar-refractivity contribution in [3.05, 3.63) is 24.3 Å². The van der Waals surface area contributed by atoms with E-state index in [0.29, 0.717) is 0 Å². The predicted octanol–water partition coefficient (Wildman–Crippen LogP) is 0.653. The third kappa shape index (κ3) is 6.80. The van der Waals surface area contributed by atoms with Crippen LogP contribution in [0.5, 0.6) is 0 Å². The zero-order chi connectivity index (χ0) is 8.69. The maximum atomic E-state index is 10.5. The molecule has 0 fully saturated rings. The van der Waals surface area contributed by atoms with Crippen LogP contribution in [0.1, 0.15) is 6.92 Å². The standard InChI is InChI=1S/C8H12O3/c1-7(9)5-3-4-6-8(10)11-2/h3-7,9H,1-2H3/b5-3+,6-4+. The molecule has 3 heteroatoms. The van der Waals surface area contributed by atoms with Gasteiger partial charge in [0.05, 0.1) is 13.2 Å². The summed E-state index contributed by atoms with van der Waals surface area (Å²) in [5.41, 5.74) is 0. The third-order valence-corrected chi connectivity index (χ3v) is 0.934. The first-order valence-electron chi connectivity index (χ1n) is 3.27. The summed E-state index contributed by atoms with van der Waals surface area (Å²) < 4.78 is 4.34. The van der Waals surface area contributed by atoms with E-state index in [9.17, 15) is 4.79 Å². The lowest BCUT2D eigenvalue weighted by atomic mass is 10.3. The molecule has 0 radical (unpaired) electrons. The average molecular weight is 156 g/mol. The highest BCUT2D eigenvalue weighted by Crippen LogP contribution is 1.84. The molecule has 3 nitrogen and oxygen atoms in total. The number of rotatable bonds is 3. The second kappa shape index (κ2) is 5.68. The number of esters is 1. The van der Waals surface area contributed by atoms with Crippen molar-refractivity contribution in [3.8, 4) is 0 Å². The van der Waals surface area contributed by atoms with Crippen LogP contribution in [0.25, 0.3) is 0 Å². The van der Waals surface area contributed by atoms with E-state index in [1.54, 1.807) is 19.1 Å². The molecule has 11 heavy (non-hydrogen) atoms. The van der Waals surface area contributed by atoms with E-state index in [4.69, 9.17) is 5.11 Å². The summed E-state index contributed by atoms with van der Waals surface area (Å²) in [5.74, 6) is -0.403. The van der Waals surface area contributed by atoms with Gasteiger partial charge in [-0.05, 0) is 6.92 Å². The topological polar surface area (TPSA) is 46.5 Å². The number of carbonyl (C=O) groups is 1. The molecule has 0 aromatic heterocycles. The van der Waals surface area contributed by atoms with E-state index in [0.717, 1.165) is 0 Å². The Hall–Kier alpha value is -1.09. The zero-order valence-electron chi connectivity index (χ0n) is 6.65. The van der Waals surface area contributed by atoms with E-state index >= 15 is 0 Å². The Labute approximate surface area is 66.0 Å². The number of aliphatic hydroxyl groups is 1. The van der Waals surface area contributed by atoms with Crippen LogP contribution in [0.2, 0.25) is 0 Å². The van der Waals surface area contributed by atoms with Gasteiger partial charge in [-0.15, -0.1) is 0 Å². The van der Waals surface area contributed by atoms with Crippen molar-refractivity contribution in [3.63, 3.8) is 0 Å². The third-order valence-electron chi connectivity index (χ3n) is 0.934. The highest BCUT2D eigenvalue weighted by molar-refractivity contribution is 5.82. The smallest absolute Gasteiger partial charge is 0.330 e. The van der Waals surface area contributed by atoms with Crippen molar-refractivity contribution in [2.24, 2.45) is 0 Å². The van der Waals surface area contributed by atoms with Gasteiger partial charge in [0.1, 0.15) is 0 Å². The SMILES string of the molecule is COC(=O)/C=C/C=C/C(C)O. The summed E-state index contributed by atoms with van der Waals surface area (Å²) >= 11 is 0. The van der Waals surface area contributed by atoms with Crippen LogP contribution in [0.15, 0.2) is 24.3 Å². The molecular weight excluding hydrogens is 144 g/mol. The summed E-state index contributed by atoms with van der Waals surface area (Å²) in [4.78, 5) is 10.5. The fourth-order valence-electron chi connectivity index (χ4n) is 0.427. The van der Waals surface area contributed by atoms with Gasteiger partial charge in [-0.3, -0.25) is 0 Å². The normalized spacial score (nSPS) is 14.1. The molecular formula is C8H12O3. The summed E-state index contributed by atoms with van der Waals surface area (Å²) in [7, 11) is 1.31. The summed E-state index contributed by atoms with van der Waals surface area (Å²) in [5, 5.41) is 8.74. The fourth-order valence-corrected chi connectivity index (χ4v) is 0.427. The van der Waals surface area contributed by atoms with Crippen LogP contribution in [0.4, 0.5) is 0 Å². The minimum absolute atomic E-state index is 0.403. The monoisotopic (exact) mass is 156 g/mol. The van der Waals surface area contributed by atoms with E-state index < -0.39 is 12.1 Å². The van der Waals surface area contributed by atoms with Crippen molar-refractivity contribution in [1.82, 2.24) is 0 Å². The van der Waals surface area contributed by atoms with Gasteiger partial charge < -0.3 is 9.84 Å². The van der Waals surface area contributed by atoms with E-state index in [1.165, 1.54) is 19.3 Å². The Morgan fingerprint density at radius 2 is 2.18 bits per heavy atom. The van der Waals surface area contributed by atoms with Gasteiger partial charge in [0.2, 0.25) is 0 Å². The highest BCUT2D eigenvalue weighted by atomic mass is 16.5. The second-order valence-electron chi connectivity index (χ2n) is 2.01. The summed E-state index contributed by atoms with van der Waals surface area (Å²) in [6.07, 6.45) is 5.44. The largest absolute Gasteiger partial charge is 0.466 e. The first-order valence-corrected chi connectivity index (χ1v) is 3.27. The lowest BCUT2D eigenvalue weighted by molar-refractivity contribution is -0.134. The van der Waals surface area contributed by atoms with E-state index in [1.807, 2.05) is 0 Å². The maximum absolute atomic E-state index is 10.5. The van der Waals surface area contributed by atoms with Crippen molar-refractivity contribution in [2.45, 2.75) is 13.0 Å². The average Bonchev–Trinajstić information content (AvgIpc) is 1.97. The predicted molar refractivity (Wildman–Crippen MR) is 42.0 cm³/mol. The van der Waals surface area contributed by atoms with Gasteiger partial charge in [0.15, 0.2) is 0 Å². The number of aliphatic hydroxyl groups excluding tert-OH is 1. The number of hydrogen-bond acceptors (Lipinski definition) is 3. The van der Waals surface area contributed by atoms with Crippen LogP contribution < -0.4 is 0 Å². The number of carbonyl (C=O) groups excluding carboxylic acids is 1. The molecule has 0 spiro atoms. The minimum Gasteiger partial charge on any atom is -0.466 e. The minimum atomic E-state index is -0.489. The molecule has 0 aliphatic rings. The Morgan fingerprint density at radius 3 is 2.64 bits per heavy atom. The van der Waals surface area contributed by atoms with E-state index in [2.05, 4.69) is 4.74 Å². The summed E-state index contributed by atoms with van der Waals surface area (Å²) in [6, 6.07) is 0. The molecule has 0 aromatic rings. The van der Waals surface area contributed by atoms with Crippen LogP contribution in [0, 0.1) is 0 Å². The van der Waals surface area contributed by atoms with Crippen LogP contribution >= 0.6 is 0 Å². The molecule has 0 amide bonds. The van der Waals surface area contributed by atoms with Crippen LogP contribution in [0.3, 0.4) is 0 Å². The van der Waals surface area contributed by atoms with Crippen molar-refractivity contribution < 1.29 is 14.6 Å². The van der Waals surface area contributed by atoms with E-state index in [-0.39, 0.29) is 0 Å². The van der Waals surface area contributed by atoms with Crippen LogP contribution in [-0.2, 0) is 9.53 Å². The first kappa shape index (κ1) is 9.91. The molecule has 0 saturated carbocycles. The number of hydrogen-bond donors (Lipinski definition) is 1. The van der Waals surface area contributed by atoms with Crippen molar-refractivity contribution in [2.75, 3.05) is 7.11 Å².